The maximum atomic E-state index is 12.4. The van der Waals surface area contributed by atoms with Gasteiger partial charge in [-0.25, -0.2) is 0 Å². The molecule has 0 saturated carbocycles. The third-order valence-electron chi connectivity index (χ3n) is 3.38. The highest BCUT2D eigenvalue weighted by Gasteiger charge is 2.27. The van der Waals surface area contributed by atoms with Gasteiger partial charge < -0.3 is 14.8 Å². The van der Waals surface area contributed by atoms with E-state index in [0.29, 0.717) is 12.1 Å². The van der Waals surface area contributed by atoms with E-state index in [1.807, 2.05) is 11.8 Å². The van der Waals surface area contributed by atoms with Gasteiger partial charge in [-0.1, -0.05) is 0 Å². The molecule has 0 radical (unpaired) electrons. The van der Waals surface area contributed by atoms with Crippen LogP contribution >= 0.6 is 0 Å². The average Bonchev–Trinajstić information content (AvgIpc) is 2.35. The molecular formula is C13H19N3O2. The van der Waals surface area contributed by atoms with Crippen LogP contribution in [0.4, 0.5) is 0 Å². The van der Waals surface area contributed by atoms with Crippen molar-refractivity contribution in [3.63, 3.8) is 0 Å². The van der Waals surface area contributed by atoms with Crippen molar-refractivity contribution in [2.45, 2.75) is 25.9 Å². The predicted molar refractivity (Wildman–Crippen MR) is 69.6 cm³/mol. The van der Waals surface area contributed by atoms with Gasteiger partial charge in [-0.3, -0.25) is 9.59 Å². The molecule has 1 aliphatic heterocycles. The number of carbonyl (C=O) groups excluding carboxylic acids is 1. The summed E-state index contributed by atoms with van der Waals surface area (Å²) in [6.07, 6.45) is 1.63. The molecule has 98 valence electrons. The third kappa shape index (κ3) is 2.46. The number of aromatic nitrogens is 1. The number of pyridine rings is 1. The molecule has 0 bridgehead atoms. The molecule has 2 rings (SSSR count). The van der Waals surface area contributed by atoms with Crippen molar-refractivity contribution in [2.24, 2.45) is 7.05 Å². The number of piperazine rings is 1. The molecule has 1 fully saturated rings. The lowest BCUT2D eigenvalue weighted by Gasteiger charge is -2.37. The largest absolute Gasteiger partial charge is 0.333 e. The van der Waals surface area contributed by atoms with Gasteiger partial charge in [-0.05, 0) is 19.9 Å². The Morgan fingerprint density at radius 3 is 2.83 bits per heavy atom. The molecule has 2 atom stereocenters. The fraction of sp³-hybridized carbons (Fsp3) is 0.538. The second kappa shape index (κ2) is 4.94. The van der Waals surface area contributed by atoms with Crippen LogP contribution in [0.1, 0.15) is 24.2 Å². The molecule has 1 aromatic rings. The Morgan fingerprint density at radius 1 is 1.44 bits per heavy atom. The standard InChI is InChI=1S/C13H19N3O2/c1-9-8-16(10(2)7-14-9)13(18)11-4-5-15(3)12(17)6-11/h4-6,9-10,14H,7-8H2,1-3H3. The first-order valence-corrected chi connectivity index (χ1v) is 6.20. The van der Waals surface area contributed by atoms with Gasteiger partial charge in [-0.15, -0.1) is 0 Å². The van der Waals surface area contributed by atoms with Crippen LogP contribution in [0.3, 0.4) is 0 Å². The van der Waals surface area contributed by atoms with Crippen LogP contribution in [0, 0.1) is 0 Å². The SMILES string of the molecule is CC1CN(C(=O)c2ccn(C)c(=O)c2)C(C)CN1. The highest BCUT2D eigenvalue weighted by Crippen LogP contribution is 2.11. The summed E-state index contributed by atoms with van der Waals surface area (Å²) in [6, 6.07) is 3.54. The van der Waals surface area contributed by atoms with E-state index in [2.05, 4.69) is 12.2 Å². The van der Waals surface area contributed by atoms with Gasteiger partial charge in [0.15, 0.2) is 0 Å². The predicted octanol–water partition coefficient (Wildman–Crippen LogP) is 0.208. The zero-order valence-corrected chi connectivity index (χ0v) is 11.0. The molecule has 0 aliphatic carbocycles. The highest BCUT2D eigenvalue weighted by atomic mass is 16.2. The molecule has 2 unspecified atom stereocenters. The molecule has 0 aromatic carbocycles. The number of hydrogen-bond acceptors (Lipinski definition) is 3. The van der Waals surface area contributed by atoms with E-state index in [1.54, 1.807) is 19.3 Å². The van der Waals surface area contributed by atoms with Crippen LogP contribution in [0.5, 0.6) is 0 Å². The lowest BCUT2D eigenvalue weighted by molar-refractivity contribution is 0.0616. The number of rotatable bonds is 1. The molecule has 2 heterocycles. The lowest BCUT2D eigenvalue weighted by Crippen LogP contribution is -2.56. The van der Waals surface area contributed by atoms with Gasteiger partial charge in [0.2, 0.25) is 0 Å². The average molecular weight is 249 g/mol. The van der Waals surface area contributed by atoms with Gasteiger partial charge in [-0.2, -0.15) is 0 Å². The second-order valence-electron chi connectivity index (χ2n) is 4.98. The Hall–Kier alpha value is -1.62. The van der Waals surface area contributed by atoms with Gasteiger partial charge in [0.25, 0.3) is 11.5 Å². The summed E-state index contributed by atoms with van der Waals surface area (Å²) in [5.41, 5.74) is 0.315. The first-order valence-electron chi connectivity index (χ1n) is 6.20. The first-order chi connectivity index (χ1) is 8.49. The Balaban J connectivity index is 2.24. The van der Waals surface area contributed by atoms with Crippen molar-refractivity contribution < 1.29 is 4.79 Å². The monoisotopic (exact) mass is 249 g/mol. The molecule has 5 nitrogen and oxygen atoms in total. The zero-order valence-electron chi connectivity index (χ0n) is 11.0. The van der Waals surface area contributed by atoms with E-state index in [0.717, 1.165) is 6.54 Å². The Bertz CT molecular complexity index is 509. The van der Waals surface area contributed by atoms with E-state index in [-0.39, 0.29) is 23.6 Å². The third-order valence-corrected chi connectivity index (χ3v) is 3.38. The zero-order chi connectivity index (χ0) is 13.3. The van der Waals surface area contributed by atoms with Gasteiger partial charge in [0.1, 0.15) is 0 Å². The molecule has 1 aromatic heterocycles. The van der Waals surface area contributed by atoms with Crippen molar-refractivity contribution >= 4 is 5.91 Å². The normalized spacial score (nSPS) is 24.1. The Kier molecular flexibility index (Phi) is 3.52. The van der Waals surface area contributed by atoms with Gasteiger partial charge >= 0.3 is 0 Å². The van der Waals surface area contributed by atoms with Crippen molar-refractivity contribution in [1.82, 2.24) is 14.8 Å². The summed E-state index contributed by atoms with van der Waals surface area (Å²) >= 11 is 0. The van der Waals surface area contributed by atoms with E-state index in [1.165, 1.54) is 10.6 Å². The lowest BCUT2D eigenvalue weighted by atomic mass is 10.1. The van der Waals surface area contributed by atoms with E-state index in [4.69, 9.17) is 0 Å². The second-order valence-corrected chi connectivity index (χ2v) is 4.98. The molecule has 0 spiro atoms. The minimum absolute atomic E-state index is 0.0615. The highest BCUT2D eigenvalue weighted by molar-refractivity contribution is 5.94. The molecule has 18 heavy (non-hydrogen) atoms. The van der Waals surface area contributed by atoms with E-state index < -0.39 is 0 Å². The van der Waals surface area contributed by atoms with Crippen LogP contribution in [0.2, 0.25) is 0 Å². The minimum Gasteiger partial charge on any atom is -0.333 e. The van der Waals surface area contributed by atoms with Gasteiger partial charge in [0.05, 0.1) is 0 Å². The number of aryl methyl sites for hydroxylation is 1. The Morgan fingerprint density at radius 2 is 2.17 bits per heavy atom. The number of nitrogens with zero attached hydrogens (tertiary/aromatic N) is 2. The van der Waals surface area contributed by atoms with E-state index in [9.17, 15) is 9.59 Å². The van der Waals surface area contributed by atoms with Gasteiger partial charge in [0, 0.05) is 50.0 Å². The molecule has 1 aliphatic rings. The maximum absolute atomic E-state index is 12.4. The summed E-state index contributed by atoms with van der Waals surface area (Å²) in [7, 11) is 1.67. The summed E-state index contributed by atoms with van der Waals surface area (Å²) in [5.74, 6) is -0.0615. The van der Waals surface area contributed by atoms with Crippen LogP contribution in [0.15, 0.2) is 23.1 Å². The topological polar surface area (TPSA) is 54.3 Å². The number of carbonyl (C=O) groups is 1. The minimum atomic E-state index is -0.156. The van der Waals surface area contributed by atoms with Crippen molar-refractivity contribution in [2.75, 3.05) is 13.1 Å². The van der Waals surface area contributed by atoms with Crippen LogP contribution in [-0.2, 0) is 7.05 Å². The molecule has 1 saturated heterocycles. The van der Waals surface area contributed by atoms with Crippen LogP contribution < -0.4 is 10.9 Å². The summed E-state index contributed by atoms with van der Waals surface area (Å²) in [4.78, 5) is 25.8. The number of nitrogens with one attached hydrogen (secondary N) is 1. The first kappa shape index (κ1) is 12.8. The summed E-state index contributed by atoms with van der Waals surface area (Å²) in [6.45, 7) is 5.53. The summed E-state index contributed by atoms with van der Waals surface area (Å²) in [5, 5.41) is 3.33. The quantitative estimate of drug-likeness (QED) is 0.774. The summed E-state index contributed by atoms with van der Waals surface area (Å²) < 4.78 is 1.46. The fourth-order valence-corrected chi connectivity index (χ4v) is 2.15. The number of amides is 1. The smallest absolute Gasteiger partial charge is 0.254 e. The fourth-order valence-electron chi connectivity index (χ4n) is 2.15. The molecule has 1 amide bonds. The molecule has 1 N–H and O–H groups in total. The van der Waals surface area contributed by atoms with Crippen LogP contribution in [0.25, 0.3) is 0 Å². The molecule has 5 heteroatoms. The van der Waals surface area contributed by atoms with Crippen LogP contribution in [-0.4, -0.2) is 40.5 Å². The van der Waals surface area contributed by atoms with Crippen molar-refractivity contribution in [1.29, 1.82) is 0 Å². The van der Waals surface area contributed by atoms with Crippen molar-refractivity contribution in [3.05, 3.63) is 34.2 Å². The number of hydrogen-bond donors (Lipinski definition) is 1. The molecular weight excluding hydrogens is 230 g/mol. The Labute approximate surface area is 106 Å². The maximum Gasteiger partial charge on any atom is 0.254 e. The van der Waals surface area contributed by atoms with E-state index >= 15 is 0 Å². The van der Waals surface area contributed by atoms with Crippen molar-refractivity contribution in [3.8, 4) is 0 Å².